The van der Waals surface area contributed by atoms with Gasteiger partial charge in [-0.2, -0.15) is 0 Å². The number of aryl methyl sites for hydroxylation is 2. The van der Waals surface area contributed by atoms with Gasteiger partial charge in [0.2, 0.25) is 0 Å². The van der Waals surface area contributed by atoms with Crippen LogP contribution < -0.4 is 4.40 Å². The third kappa shape index (κ3) is 2.00. The molecule has 0 aliphatic rings. The van der Waals surface area contributed by atoms with Crippen molar-refractivity contribution < 1.29 is 0 Å². The van der Waals surface area contributed by atoms with Gasteiger partial charge in [-0.15, -0.1) is 0 Å². The van der Waals surface area contributed by atoms with E-state index in [4.69, 9.17) is 0 Å². The van der Waals surface area contributed by atoms with Gasteiger partial charge in [0.25, 0.3) is 0 Å². The van der Waals surface area contributed by atoms with E-state index in [1.54, 1.807) is 4.40 Å². The summed E-state index contributed by atoms with van der Waals surface area (Å²) >= 11 is 0.267. The molecule has 0 nitrogen and oxygen atoms in total. The Hall–Kier alpha value is -0.277. The summed E-state index contributed by atoms with van der Waals surface area (Å²) in [6.45, 7) is 4.46. The summed E-state index contributed by atoms with van der Waals surface area (Å²) in [7, 11) is 0. The molecule has 0 aliphatic heterocycles. The van der Waals surface area contributed by atoms with Gasteiger partial charge in [0.15, 0.2) is 0 Å². The molecule has 15 heavy (non-hydrogen) atoms. The first-order valence-corrected chi connectivity index (χ1v) is 13.6. The molecule has 0 fully saturated rings. The number of hydrogen-bond donors (Lipinski definition) is 0. The molecule has 0 saturated heterocycles. The molecule has 1 heterocycles. The van der Waals surface area contributed by atoms with Crippen LogP contribution in [0.15, 0.2) is 18.2 Å². The fourth-order valence-corrected chi connectivity index (χ4v) is 5.30. The summed E-state index contributed by atoms with van der Waals surface area (Å²) in [6.07, 6.45) is 0. The second-order valence-corrected chi connectivity index (χ2v) is 17.2. The molecule has 0 radical (unpaired) electrons. The Labute approximate surface area is 98.7 Å². The molecule has 2 heteroatoms. The Kier molecular flexibility index (Phi) is 2.72. The first-order valence-electron chi connectivity index (χ1n) is 5.40. The minimum atomic E-state index is -1.65. The van der Waals surface area contributed by atoms with Gasteiger partial charge in [-0.05, 0) is 0 Å². The Morgan fingerprint density at radius 3 is 2.33 bits per heavy atom. The van der Waals surface area contributed by atoms with Crippen molar-refractivity contribution in [3.05, 3.63) is 28.6 Å². The van der Waals surface area contributed by atoms with Crippen molar-refractivity contribution in [2.24, 2.45) is 0 Å². The molecular weight excluding hydrogens is 261 g/mol. The zero-order chi connectivity index (χ0) is 11.2. The van der Waals surface area contributed by atoms with Crippen molar-refractivity contribution in [1.82, 2.24) is 0 Å². The van der Waals surface area contributed by atoms with Crippen LogP contribution in [-0.4, -0.2) is 13.3 Å². The number of rotatable bonds is 1. The zero-order valence-corrected chi connectivity index (χ0v) is 13.1. The van der Waals surface area contributed by atoms with E-state index in [2.05, 4.69) is 49.3 Å². The van der Waals surface area contributed by atoms with Crippen LogP contribution in [0.5, 0.6) is 0 Å². The van der Waals surface area contributed by atoms with E-state index in [9.17, 15) is 0 Å². The van der Waals surface area contributed by atoms with Crippen LogP contribution in [0.3, 0.4) is 0 Å². The fraction of sp³-hybridized carbons (Fsp3) is 0.385. The molecule has 80 valence electrons. The summed E-state index contributed by atoms with van der Waals surface area (Å²) in [5.74, 6) is 7.36. The van der Waals surface area contributed by atoms with Crippen LogP contribution in [0.2, 0.25) is 17.3 Å². The number of hydrogen-bond acceptors (Lipinski definition) is 1. The van der Waals surface area contributed by atoms with Gasteiger partial charge in [0.05, 0.1) is 0 Å². The molecule has 0 unspecified atom stereocenters. The van der Waals surface area contributed by atoms with Crippen LogP contribution in [0.1, 0.15) is 10.4 Å². The Morgan fingerprint density at radius 2 is 1.73 bits per heavy atom. The normalized spacial score (nSPS) is 12.3. The second kappa shape index (κ2) is 3.63. The van der Waals surface area contributed by atoms with Gasteiger partial charge < -0.3 is 0 Å². The van der Waals surface area contributed by atoms with Crippen molar-refractivity contribution in [2.45, 2.75) is 31.1 Å². The van der Waals surface area contributed by atoms with Gasteiger partial charge in [0, 0.05) is 0 Å². The molecule has 1 aromatic carbocycles. The molecule has 2 aromatic rings. The molecule has 0 atom stereocenters. The maximum absolute atomic E-state index is 2.45. The molecular formula is C13H18GeS. The van der Waals surface area contributed by atoms with Crippen molar-refractivity contribution in [3.8, 4) is 0 Å². The van der Waals surface area contributed by atoms with Crippen molar-refractivity contribution in [1.29, 1.82) is 0 Å². The van der Waals surface area contributed by atoms with Gasteiger partial charge in [0.1, 0.15) is 0 Å². The summed E-state index contributed by atoms with van der Waals surface area (Å²) in [5.41, 5.74) is 1.48. The maximum atomic E-state index is 2.45. The van der Waals surface area contributed by atoms with E-state index in [0.29, 0.717) is 0 Å². The van der Waals surface area contributed by atoms with Crippen LogP contribution in [-0.2, 0) is 0 Å². The average molecular weight is 279 g/mol. The molecule has 0 bridgehead atoms. The van der Waals surface area contributed by atoms with Crippen LogP contribution in [0.4, 0.5) is 0 Å². The molecule has 0 N–H and O–H groups in total. The van der Waals surface area contributed by atoms with E-state index in [0.717, 1.165) is 0 Å². The standard InChI is InChI=1S/C13H18GeS/c1-9-10(2)15-13-7-6-11(8-12(9)13)14(3,4)5/h6-8H,1-5H3. The second-order valence-electron chi connectivity index (χ2n) is 5.24. The van der Waals surface area contributed by atoms with Gasteiger partial charge in [-0.3, -0.25) is 0 Å². The van der Waals surface area contributed by atoms with Gasteiger partial charge in [-0.25, -0.2) is 0 Å². The minimum absolute atomic E-state index is 1.44. The quantitative estimate of drug-likeness (QED) is 0.690. The predicted octanol–water partition coefficient (Wildman–Crippen LogP) is 4.06. The number of thiophene rings is 1. The van der Waals surface area contributed by atoms with E-state index in [1.807, 2.05) is 11.3 Å². The van der Waals surface area contributed by atoms with Crippen LogP contribution in [0.25, 0.3) is 10.1 Å². The monoisotopic (exact) mass is 280 g/mol. The van der Waals surface area contributed by atoms with Crippen molar-refractivity contribution in [2.75, 3.05) is 0 Å². The van der Waals surface area contributed by atoms with Crippen LogP contribution >= 0.6 is 11.3 Å². The fourth-order valence-electron chi connectivity index (χ4n) is 1.81. The van der Waals surface area contributed by atoms with Gasteiger partial charge >= 0.3 is 98.8 Å². The Balaban J connectivity index is 2.70. The van der Waals surface area contributed by atoms with Crippen LogP contribution in [0, 0.1) is 13.8 Å². The van der Waals surface area contributed by atoms with E-state index >= 15 is 0 Å². The molecule has 2 rings (SSSR count). The summed E-state index contributed by atoms with van der Waals surface area (Å²) in [4.78, 5) is 1.46. The summed E-state index contributed by atoms with van der Waals surface area (Å²) in [6, 6.07) is 7.09. The van der Waals surface area contributed by atoms with Crippen molar-refractivity contribution >= 4 is 39.1 Å². The Bertz CT molecular complexity index is 503. The number of fused-ring (bicyclic) bond motifs is 1. The first kappa shape index (κ1) is 11.2. The van der Waals surface area contributed by atoms with Crippen molar-refractivity contribution in [3.63, 3.8) is 0 Å². The molecule has 0 saturated carbocycles. The summed E-state index contributed by atoms with van der Waals surface area (Å²) in [5, 5.41) is 1.48. The van der Waals surface area contributed by atoms with E-state index in [1.165, 1.54) is 20.5 Å². The molecule has 1 aromatic heterocycles. The SMILES string of the molecule is Cc1sc2cc[c]([Ge]([CH3])([CH3])[CH3])cc2c1C. The van der Waals surface area contributed by atoms with E-state index in [-0.39, 0.29) is 0 Å². The van der Waals surface area contributed by atoms with Gasteiger partial charge in [-0.1, -0.05) is 0 Å². The molecule has 0 spiro atoms. The number of benzene rings is 1. The predicted molar refractivity (Wildman–Crippen MR) is 74.3 cm³/mol. The zero-order valence-electron chi connectivity index (χ0n) is 10.1. The third-order valence-corrected chi connectivity index (χ3v) is 8.52. The average Bonchev–Trinajstić information content (AvgIpc) is 2.41. The molecule has 0 aliphatic carbocycles. The van der Waals surface area contributed by atoms with E-state index < -0.39 is 13.3 Å². The Morgan fingerprint density at radius 1 is 1.07 bits per heavy atom. The first-order chi connectivity index (χ1) is 6.89. The summed E-state index contributed by atoms with van der Waals surface area (Å²) < 4.78 is 3.06. The third-order valence-electron chi connectivity index (χ3n) is 3.04. The topological polar surface area (TPSA) is 0 Å². The molecule has 0 amide bonds.